The number of fused-ring (bicyclic) bond motifs is 1. The summed E-state index contributed by atoms with van der Waals surface area (Å²) in [6.07, 6.45) is 1.25. The van der Waals surface area contributed by atoms with Gasteiger partial charge < -0.3 is 16.2 Å². The number of nitrogens with two attached hydrogens (primary N) is 1. The predicted molar refractivity (Wildman–Crippen MR) is 75.9 cm³/mol. The molecule has 0 saturated carbocycles. The van der Waals surface area contributed by atoms with E-state index in [2.05, 4.69) is 5.32 Å². The fourth-order valence-electron chi connectivity index (χ4n) is 2.37. The second-order valence-corrected chi connectivity index (χ2v) is 4.89. The Morgan fingerprint density at radius 2 is 2.05 bits per heavy atom. The van der Waals surface area contributed by atoms with Gasteiger partial charge in [-0.25, -0.2) is 9.59 Å². The van der Waals surface area contributed by atoms with Gasteiger partial charge in [-0.2, -0.15) is 0 Å². The van der Waals surface area contributed by atoms with Crippen LogP contribution in [0.15, 0.2) is 24.3 Å². The summed E-state index contributed by atoms with van der Waals surface area (Å²) < 4.78 is 0. The Bertz CT molecular complexity index is 573. The van der Waals surface area contributed by atoms with Crippen LogP contribution in [0.3, 0.4) is 0 Å². The molecule has 112 valence electrons. The molecule has 7 nitrogen and oxygen atoms in total. The first-order valence-electron chi connectivity index (χ1n) is 6.66. The third-order valence-electron chi connectivity index (χ3n) is 3.36. The van der Waals surface area contributed by atoms with Crippen molar-refractivity contribution in [3.63, 3.8) is 0 Å². The molecule has 1 aliphatic rings. The number of carboxylic acids is 1. The van der Waals surface area contributed by atoms with Gasteiger partial charge in [0.25, 0.3) is 0 Å². The van der Waals surface area contributed by atoms with Crippen molar-refractivity contribution in [2.24, 2.45) is 5.73 Å². The lowest BCUT2D eigenvalue weighted by atomic mass is 10.0. The molecule has 0 bridgehead atoms. The number of primary amides is 1. The second kappa shape index (κ2) is 6.25. The van der Waals surface area contributed by atoms with Gasteiger partial charge in [-0.15, -0.1) is 0 Å². The van der Waals surface area contributed by atoms with Crippen LogP contribution in [0, 0.1) is 0 Å². The second-order valence-electron chi connectivity index (χ2n) is 4.89. The van der Waals surface area contributed by atoms with E-state index < -0.39 is 30.4 Å². The van der Waals surface area contributed by atoms with E-state index in [-0.39, 0.29) is 0 Å². The Labute approximate surface area is 121 Å². The predicted octanol–water partition coefficient (Wildman–Crippen LogP) is 0.477. The maximum absolute atomic E-state index is 12.3. The van der Waals surface area contributed by atoms with E-state index in [1.165, 1.54) is 4.90 Å². The Balaban J connectivity index is 2.13. The number of aliphatic carboxylic acids is 1. The summed E-state index contributed by atoms with van der Waals surface area (Å²) in [6.45, 7) is 0.506. The zero-order valence-electron chi connectivity index (χ0n) is 11.4. The number of carboxylic acid groups (broad SMARTS) is 1. The van der Waals surface area contributed by atoms with E-state index in [4.69, 9.17) is 10.8 Å². The maximum Gasteiger partial charge on any atom is 0.326 e. The zero-order valence-corrected chi connectivity index (χ0v) is 11.4. The van der Waals surface area contributed by atoms with Gasteiger partial charge in [0.2, 0.25) is 5.91 Å². The molecule has 0 saturated heterocycles. The number of hydrogen-bond acceptors (Lipinski definition) is 3. The summed E-state index contributed by atoms with van der Waals surface area (Å²) in [7, 11) is 0. The third-order valence-corrected chi connectivity index (χ3v) is 3.36. The minimum Gasteiger partial charge on any atom is -0.480 e. The number of para-hydroxylation sites is 1. The van der Waals surface area contributed by atoms with Gasteiger partial charge >= 0.3 is 12.0 Å². The number of carbonyl (C=O) groups excluding carboxylic acids is 2. The highest BCUT2D eigenvalue weighted by Crippen LogP contribution is 2.26. The first-order chi connectivity index (χ1) is 9.99. The molecule has 1 atom stereocenters. The Kier molecular flexibility index (Phi) is 4.42. The molecule has 0 aromatic heterocycles. The van der Waals surface area contributed by atoms with Gasteiger partial charge in [0.15, 0.2) is 0 Å². The van der Waals surface area contributed by atoms with E-state index in [1.807, 2.05) is 24.3 Å². The van der Waals surface area contributed by atoms with Gasteiger partial charge in [0.05, 0.1) is 6.42 Å². The van der Waals surface area contributed by atoms with Crippen LogP contribution in [0.1, 0.15) is 18.4 Å². The Hall–Kier alpha value is -2.57. The number of anilines is 1. The van der Waals surface area contributed by atoms with Gasteiger partial charge in [-0.1, -0.05) is 18.2 Å². The van der Waals surface area contributed by atoms with E-state index >= 15 is 0 Å². The van der Waals surface area contributed by atoms with Crippen LogP contribution in [-0.2, 0) is 16.0 Å². The van der Waals surface area contributed by atoms with Crippen molar-refractivity contribution in [2.45, 2.75) is 25.3 Å². The lowest BCUT2D eigenvalue weighted by Gasteiger charge is -2.30. The number of benzene rings is 1. The lowest BCUT2D eigenvalue weighted by molar-refractivity contribution is -0.140. The molecule has 3 amide bonds. The van der Waals surface area contributed by atoms with Crippen LogP contribution in [0.5, 0.6) is 0 Å². The summed E-state index contributed by atoms with van der Waals surface area (Å²) in [6, 6.07) is 5.63. The van der Waals surface area contributed by atoms with Crippen molar-refractivity contribution in [2.75, 3.05) is 11.4 Å². The normalized spacial score (nSPS) is 15.0. The van der Waals surface area contributed by atoms with E-state index in [0.29, 0.717) is 6.54 Å². The number of nitrogens with one attached hydrogen (secondary N) is 1. The highest BCUT2D eigenvalue weighted by Gasteiger charge is 2.27. The smallest absolute Gasteiger partial charge is 0.326 e. The molecule has 7 heteroatoms. The van der Waals surface area contributed by atoms with Crippen LogP contribution in [-0.4, -0.2) is 35.6 Å². The molecule has 2 rings (SSSR count). The number of aryl methyl sites for hydroxylation is 1. The number of urea groups is 1. The molecule has 0 unspecified atom stereocenters. The average Bonchev–Trinajstić information content (AvgIpc) is 2.45. The van der Waals surface area contributed by atoms with Crippen LogP contribution < -0.4 is 16.0 Å². The number of carbonyl (C=O) groups is 3. The molecule has 4 N–H and O–H groups in total. The van der Waals surface area contributed by atoms with Crippen LogP contribution in [0.2, 0.25) is 0 Å². The molecule has 0 aliphatic carbocycles. The minimum absolute atomic E-state index is 0.434. The average molecular weight is 291 g/mol. The van der Waals surface area contributed by atoms with E-state index in [9.17, 15) is 14.4 Å². The topological polar surface area (TPSA) is 113 Å². The van der Waals surface area contributed by atoms with Gasteiger partial charge in [0.1, 0.15) is 6.04 Å². The van der Waals surface area contributed by atoms with Crippen molar-refractivity contribution < 1.29 is 19.5 Å². The fourth-order valence-corrected chi connectivity index (χ4v) is 2.37. The summed E-state index contributed by atoms with van der Waals surface area (Å²) >= 11 is 0. The highest BCUT2D eigenvalue weighted by molar-refractivity contribution is 5.96. The summed E-state index contributed by atoms with van der Waals surface area (Å²) in [4.78, 5) is 35.7. The van der Waals surface area contributed by atoms with Crippen LogP contribution >= 0.6 is 0 Å². The maximum atomic E-state index is 12.3. The zero-order chi connectivity index (χ0) is 15.4. The minimum atomic E-state index is -1.32. The third kappa shape index (κ3) is 3.50. The Morgan fingerprint density at radius 1 is 1.33 bits per heavy atom. The Morgan fingerprint density at radius 3 is 2.71 bits per heavy atom. The first kappa shape index (κ1) is 14.8. The fraction of sp³-hybridized carbons (Fsp3) is 0.357. The molecule has 1 aromatic rings. The van der Waals surface area contributed by atoms with Gasteiger partial charge in [-0.3, -0.25) is 9.69 Å². The lowest BCUT2D eigenvalue weighted by Crippen LogP contribution is -2.50. The number of nitrogens with zero attached hydrogens (tertiary/aromatic N) is 1. The van der Waals surface area contributed by atoms with Crippen LogP contribution in [0.4, 0.5) is 10.5 Å². The molecule has 0 radical (unpaired) electrons. The summed E-state index contributed by atoms with van der Waals surface area (Å²) in [5.74, 6) is -2.06. The number of rotatable bonds is 4. The SMILES string of the molecule is NC(=O)C[C@H](NC(=O)N1CCCc2ccccc21)C(=O)O. The quantitative estimate of drug-likeness (QED) is 0.748. The first-order valence-corrected chi connectivity index (χ1v) is 6.66. The summed E-state index contributed by atoms with van der Waals surface area (Å²) in [5, 5.41) is 11.4. The van der Waals surface area contributed by atoms with Crippen molar-refractivity contribution >= 4 is 23.6 Å². The largest absolute Gasteiger partial charge is 0.480 e. The molecule has 1 aliphatic heterocycles. The molecule has 0 fully saturated rings. The van der Waals surface area contributed by atoms with Crippen LogP contribution in [0.25, 0.3) is 0 Å². The number of hydrogen-bond donors (Lipinski definition) is 3. The van der Waals surface area contributed by atoms with Crippen molar-refractivity contribution in [1.29, 1.82) is 0 Å². The number of amides is 3. The van der Waals surface area contributed by atoms with Crippen molar-refractivity contribution in [3.05, 3.63) is 29.8 Å². The van der Waals surface area contributed by atoms with E-state index in [1.54, 1.807) is 0 Å². The molecule has 1 aromatic carbocycles. The molecule has 1 heterocycles. The van der Waals surface area contributed by atoms with Gasteiger partial charge in [-0.05, 0) is 24.5 Å². The molecular formula is C14H17N3O4. The van der Waals surface area contributed by atoms with Crippen molar-refractivity contribution in [1.82, 2.24) is 5.32 Å². The highest BCUT2D eigenvalue weighted by atomic mass is 16.4. The molecular weight excluding hydrogens is 274 g/mol. The van der Waals surface area contributed by atoms with Crippen molar-refractivity contribution in [3.8, 4) is 0 Å². The van der Waals surface area contributed by atoms with E-state index in [0.717, 1.165) is 24.1 Å². The molecule has 0 spiro atoms. The monoisotopic (exact) mass is 291 g/mol. The standard InChI is InChI=1S/C14H17N3O4/c15-12(18)8-10(13(19)20)16-14(21)17-7-3-5-9-4-1-2-6-11(9)17/h1-2,4,6,10H,3,5,7-8H2,(H2,15,18)(H,16,21)(H,19,20)/t10-/m0/s1. The summed E-state index contributed by atoms with van der Waals surface area (Å²) in [5.41, 5.74) is 6.81. The molecule has 21 heavy (non-hydrogen) atoms. The van der Waals surface area contributed by atoms with Gasteiger partial charge in [0, 0.05) is 12.2 Å².